The summed E-state index contributed by atoms with van der Waals surface area (Å²) >= 11 is 0. The molecule has 19 heavy (non-hydrogen) atoms. The van der Waals surface area contributed by atoms with E-state index < -0.39 is 17.2 Å². The van der Waals surface area contributed by atoms with Crippen molar-refractivity contribution in [3.63, 3.8) is 0 Å². The molecule has 102 valence electrons. The molecule has 2 N–H and O–H groups in total. The summed E-state index contributed by atoms with van der Waals surface area (Å²) in [6.45, 7) is 3.84. The second-order valence-corrected chi connectivity index (χ2v) is 4.42. The number of benzene rings is 1. The number of nitrogens with two attached hydrogens (primary N) is 1. The SMILES string of the molecule is CCC(N)(CC)c1nc(-c2ccc(F)c(F)c2)no1. The lowest BCUT2D eigenvalue weighted by Gasteiger charge is -2.20. The van der Waals surface area contributed by atoms with E-state index >= 15 is 0 Å². The minimum absolute atomic E-state index is 0.200. The van der Waals surface area contributed by atoms with Crippen molar-refractivity contribution in [2.24, 2.45) is 5.73 Å². The zero-order valence-electron chi connectivity index (χ0n) is 10.8. The van der Waals surface area contributed by atoms with Gasteiger partial charge in [-0.25, -0.2) is 8.78 Å². The summed E-state index contributed by atoms with van der Waals surface area (Å²) < 4.78 is 31.1. The lowest BCUT2D eigenvalue weighted by atomic mass is 9.94. The number of hydrogen-bond donors (Lipinski definition) is 1. The molecule has 0 unspecified atom stereocenters. The van der Waals surface area contributed by atoms with Crippen molar-refractivity contribution >= 4 is 0 Å². The Hall–Kier alpha value is -1.82. The van der Waals surface area contributed by atoms with E-state index in [0.717, 1.165) is 12.1 Å². The molecule has 0 fully saturated rings. The van der Waals surface area contributed by atoms with Gasteiger partial charge in [0.1, 0.15) is 0 Å². The normalized spacial score (nSPS) is 11.8. The van der Waals surface area contributed by atoms with Gasteiger partial charge < -0.3 is 10.3 Å². The second kappa shape index (κ2) is 5.05. The highest BCUT2D eigenvalue weighted by Gasteiger charge is 2.30. The Kier molecular flexibility index (Phi) is 3.61. The van der Waals surface area contributed by atoms with Gasteiger partial charge in [-0.2, -0.15) is 4.98 Å². The predicted molar refractivity (Wildman–Crippen MR) is 66.1 cm³/mol. The monoisotopic (exact) mass is 267 g/mol. The topological polar surface area (TPSA) is 64.9 Å². The van der Waals surface area contributed by atoms with Crippen LogP contribution in [0.2, 0.25) is 0 Å². The van der Waals surface area contributed by atoms with Crippen LogP contribution in [0, 0.1) is 11.6 Å². The van der Waals surface area contributed by atoms with Crippen LogP contribution < -0.4 is 5.73 Å². The summed E-state index contributed by atoms with van der Waals surface area (Å²) in [6.07, 6.45) is 1.28. The first-order valence-corrected chi connectivity index (χ1v) is 6.08. The molecule has 0 bridgehead atoms. The van der Waals surface area contributed by atoms with Crippen LogP contribution in [0.3, 0.4) is 0 Å². The van der Waals surface area contributed by atoms with Crippen molar-refractivity contribution in [1.82, 2.24) is 10.1 Å². The molecule has 0 amide bonds. The van der Waals surface area contributed by atoms with Crippen LogP contribution in [0.5, 0.6) is 0 Å². The quantitative estimate of drug-likeness (QED) is 0.924. The number of nitrogens with zero attached hydrogens (tertiary/aromatic N) is 2. The predicted octanol–water partition coefficient (Wildman–Crippen LogP) is 2.99. The lowest BCUT2D eigenvalue weighted by Crippen LogP contribution is -2.35. The third-order valence-corrected chi connectivity index (χ3v) is 3.29. The Morgan fingerprint density at radius 3 is 2.47 bits per heavy atom. The van der Waals surface area contributed by atoms with E-state index in [9.17, 15) is 8.78 Å². The second-order valence-electron chi connectivity index (χ2n) is 4.42. The summed E-state index contributed by atoms with van der Waals surface area (Å²) in [7, 11) is 0. The molecule has 0 atom stereocenters. The van der Waals surface area contributed by atoms with E-state index in [2.05, 4.69) is 10.1 Å². The van der Waals surface area contributed by atoms with Crippen LogP contribution >= 0.6 is 0 Å². The fourth-order valence-electron chi connectivity index (χ4n) is 1.73. The van der Waals surface area contributed by atoms with Crippen molar-refractivity contribution in [1.29, 1.82) is 0 Å². The van der Waals surface area contributed by atoms with Gasteiger partial charge in [0.15, 0.2) is 11.6 Å². The van der Waals surface area contributed by atoms with Crippen molar-refractivity contribution in [2.75, 3.05) is 0 Å². The van der Waals surface area contributed by atoms with Gasteiger partial charge in [-0.1, -0.05) is 19.0 Å². The Morgan fingerprint density at radius 1 is 1.21 bits per heavy atom. The molecule has 6 heteroatoms. The molecule has 1 heterocycles. The zero-order chi connectivity index (χ0) is 14.0. The third kappa shape index (κ3) is 2.49. The fraction of sp³-hybridized carbons (Fsp3) is 0.385. The minimum Gasteiger partial charge on any atom is -0.337 e. The third-order valence-electron chi connectivity index (χ3n) is 3.29. The van der Waals surface area contributed by atoms with Gasteiger partial charge in [0.25, 0.3) is 0 Å². The average Bonchev–Trinajstić information content (AvgIpc) is 2.91. The first kappa shape index (κ1) is 13.6. The molecule has 2 aromatic rings. The summed E-state index contributed by atoms with van der Waals surface area (Å²) in [5.41, 5.74) is 5.79. The van der Waals surface area contributed by atoms with E-state index in [1.807, 2.05) is 13.8 Å². The Balaban J connectivity index is 2.38. The maximum atomic E-state index is 13.2. The molecule has 0 aliphatic rings. The highest BCUT2D eigenvalue weighted by molar-refractivity contribution is 5.54. The van der Waals surface area contributed by atoms with Gasteiger partial charge in [0, 0.05) is 5.56 Å². The van der Waals surface area contributed by atoms with Crippen molar-refractivity contribution in [3.8, 4) is 11.4 Å². The molecule has 0 radical (unpaired) electrons. The van der Waals surface area contributed by atoms with Crippen LogP contribution in [0.15, 0.2) is 22.7 Å². The lowest BCUT2D eigenvalue weighted by molar-refractivity contribution is 0.268. The molecule has 1 aromatic heterocycles. The number of halogens is 2. The first-order valence-electron chi connectivity index (χ1n) is 6.08. The Labute approximate surface area is 109 Å². The average molecular weight is 267 g/mol. The van der Waals surface area contributed by atoms with Crippen LogP contribution in [0.1, 0.15) is 32.6 Å². The van der Waals surface area contributed by atoms with Gasteiger partial charge in [-0.3, -0.25) is 0 Å². The Bertz CT molecular complexity index is 579. The Morgan fingerprint density at radius 2 is 1.89 bits per heavy atom. The molecule has 2 rings (SSSR count). The smallest absolute Gasteiger partial charge is 0.247 e. The van der Waals surface area contributed by atoms with Gasteiger partial charge in [0.2, 0.25) is 11.7 Å². The van der Waals surface area contributed by atoms with Crippen LogP contribution in [-0.2, 0) is 5.54 Å². The van der Waals surface area contributed by atoms with Crippen LogP contribution in [0.25, 0.3) is 11.4 Å². The standard InChI is InChI=1S/C13H15F2N3O/c1-3-13(16,4-2)12-17-11(18-19-12)8-5-6-9(14)10(15)7-8/h5-7H,3-4,16H2,1-2H3. The molecule has 0 aliphatic heterocycles. The largest absolute Gasteiger partial charge is 0.337 e. The van der Waals surface area contributed by atoms with Crippen LogP contribution in [-0.4, -0.2) is 10.1 Å². The van der Waals surface area contributed by atoms with E-state index in [0.29, 0.717) is 24.3 Å². The van der Waals surface area contributed by atoms with E-state index in [1.54, 1.807) is 0 Å². The van der Waals surface area contributed by atoms with Gasteiger partial charge in [0.05, 0.1) is 5.54 Å². The molecule has 1 aromatic carbocycles. The number of rotatable bonds is 4. The highest BCUT2D eigenvalue weighted by atomic mass is 19.2. The van der Waals surface area contributed by atoms with Gasteiger partial charge in [-0.05, 0) is 31.0 Å². The summed E-state index contributed by atoms with van der Waals surface area (Å²) in [6, 6.07) is 3.44. The molecule has 4 nitrogen and oxygen atoms in total. The molecule has 0 saturated heterocycles. The molecular formula is C13H15F2N3O. The molecule has 0 spiro atoms. The number of aromatic nitrogens is 2. The molecular weight excluding hydrogens is 252 g/mol. The van der Waals surface area contributed by atoms with E-state index in [1.165, 1.54) is 6.07 Å². The maximum absolute atomic E-state index is 13.2. The van der Waals surface area contributed by atoms with E-state index in [-0.39, 0.29) is 5.82 Å². The van der Waals surface area contributed by atoms with Gasteiger partial charge in [-0.15, -0.1) is 0 Å². The minimum atomic E-state index is -0.950. The van der Waals surface area contributed by atoms with Crippen molar-refractivity contribution < 1.29 is 13.3 Å². The molecule has 0 aliphatic carbocycles. The highest BCUT2D eigenvalue weighted by Crippen LogP contribution is 2.26. The van der Waals surface area contributed by atoms with Crippen LogP contribution in [0.4, 0.5) is 8.78 Å². The van der Waals surface area contributed by atoms with E-state index in [4.69, 9.17) is 10.3 Å². The maximum Gasteiger partial charge on any atom is 0.247 e. The zero-order valence-corrected chi connectivity index (χ0v) is 10.8. The van der Waals surface area contributed by atoms with Crippen molar-refractivity contribution in [3.05, 3.63) is 35.7 Å². The first-order chi connectivity index (χ1) is 9.00. The fourth-order valence-corrected chi connectivity index (χ4v) is 1.73. The summed E-state index contributed by atoms with van der Waals surface area (Å²) in [5, 5.41) is 3.76. The molecule has 0 saturated carbocycles. The summed E-state index contributed by atoms with van der Waals surface area (Å²) in [5.74, 6) is -1.36. The number of hydrogen-bond acceptors (Lipinski definition) is 4. The van der Waals surface area contributed by atoms with Gasteiger partial charge >= 0.3 is 0 Å². The van der Waals surface area contributed by atoms with Crippen molar-refractivity contribution in [2.45, 2.75) is 32.2 Å². The summed E-state index contributed by atoms with van der Waals surface area (Å²) in [4.78, 5) is 4.17.